The minimum atomic E-state index is -3.39. The summed E-state index contributed by atoms with van der Waals surface area (Å²) in [5.74, 6) is 0.906. The second kappa shape index (κ2) is 8.60. The second-order valence-corrected chi connectivity index (χ2v) is 9.20. The van der Waals surface area contributed by atoms with Crippen molar-refractivity contribution in [2.24, 2.45) is 0 Å². The van der Waals surface area contributed by atoms with Gasteiger partial charge in [-0.2, -0.15) is 22.0 Å². The van der Waals surface area contributed by atoms with E-state index >= 15 is 0 Å². The van der Waals surface area contributed by atoms with Crippen LogP contribution in [0.25, 0.3) is 11.4 Å². The molecule has 0 aliphatic carbocycles. The molecule has 1 aromatic carbocycles. The largest absolute Gasteiger partial charge is 0.340 e. The number of aryl methyl sites for hydroxylation is 1. The zero-order chi connectivity index (χ0) is 20.3. The first-order valence-corrected chi connectivity index (χ1v) is 11.3. The summed E-state index contributed by atoms with van der Waals surface area (Å²) in [6, 6.07) is 9.52. The maximum Gasteiger partial charge on any atom is 0.282 e. The van der Waals surface area contributed by atoms with E-state index in [4.69, 9.17) is 4.52 Å². The third-order valence-electron chi connectivity index (χ3n) is 5.36. The lowest BCUT2D eigenvalue weighted by Crippen LogP contribution is -2.53. The molecule has 2 aromatic rings. The Kier molecular flexibility index (Phi) is 5.93. The predicted octanol–water partition coefficient (Wildman–Crippen LogP) is 1.15. The Hall–Kier alpha value is -2.30. The van der Waals surface area contributed by atoms with Gasteiger partial charge in [-0.3, -0.25) is 4.79 Å². The Bertz CT molecular complexity index is 933. The number of carbonyl (C=O) groups excluding carboxylic acids is 1. The van der Waals surface area contributed by atoms with E-state index in [9.17, 15) is 13.2 Å². The molecule has 2 saturated heterocycles. The number of hydrogen-bond donors (Lipinski definition) is 0. The van der Waals surface area contributed by atoms with Crippen molar-refractivity contribution < 1.29 is 17.7 Å². The Morgan fingerprint density at radius 3 is 2.31 bits per heavy atom. The monoisotopic (exact) mass is 419 g/mol. The number of nitrogens with zero attached hydrogens (tertiary/aromatic N) is 5. The molecule has 0 radical (unpaired) electrons. The van der Waals surface area contributed by atoms with Crippen LogP contribution in [-0.2, 0) is 21.4 Å². The van der Waals surface area contributed by atoms with E-state index in [0.29, 0.717) is 57.4 Å². The highest BCUT2D eigenvalue weighted by Crippen LogP contribution is 2.19. The standard InChI is InChI=1S/C19H25N5O4S/c25-18(9-8-17-20-19(21-28-17)16-6-2-1-3-7-16)22-12-14-24(15-13-22)29(26,27)23-10-4-5-11-23/h1-3,6-7H,4-5,8-15H2. The van der Waals surface area contributed by atoms with Crippen LogP contribution in [0.5, 0.6) is 0 Å². The van der Waals surface area contributed by atoms with E-state index in [2.05, 4.69) is 10.1 Å². The van der Waals surface area contributed by atoms with E-state index in [-0.39, 0.29) is 12.3 Å². The minimum Gasteiger partial charge on any atom is -0.340 e. The summed E-state index contributed by atoms with van der Waals surface area (Å²) < 4.78 is 33.5. The number of hydrogen-bond acceptors (Lipinski definition) is 6. The van der Waals surface area contributed by atoms with Crippen LogP contribution >= 0.6 is 0 Å². The average Bonchev–Trinajstić information content (AvgIpc) is 3.45. The van der Waals surface area contributed by atoms with Crippen LogP contribution in [0.3, 0.4) is 0 Å². The quantitative estimate of drug-likeness (QED) is 0.696. The highest BCUT2D eigenvalue weighted by Gasteiger charge is 2.34. The van der Waals surface area contributed by atoms with E-state index in [1.165, 1.54) is 4.31 Å². The van der Waals surface area contributed by atoms with Gasteiger partial charge in [0.2, 0.25) is 17.6 Å². The summed E-state index contributed by atoms with van der Waals surface area (Å²) in [7, 11) is -3.39. The first-order chi connectivity index (χ1) is 14.0. The van der Waals surface area contributed by atoms with Crippen molar-refractivity contribution in [1.82, 2.24) is 23.7 Å². The molecule has 29 heavy (non-hydrogen) atoms. The zero-order valence-corrected chi connectivity index (χ0v) is 17.1. The molecule has 0 unspecified atom stereocenters. The molecule has 1 amide bonds. The lowest BCUT2D eigenvalue weighted by atomic mass is 10.2. The van der Waals surface area contributed by atoms with Crippen molar-refractivity contribution in [2.45, 2.75) is 25.7 Å². The molecular formula is C19H25N5O4S. The number of benzene rings is 1. The van der Waals surface area contributed by atoms with Gasteiger partial charge in [0.05, 0.1) is 0 Å². The van der Waals surface area contributed by atoms with Crippen LogP contribution in [0.2, 0.25) is 0 Å². The Labute approximate surface area is 170 Å². The predicted molar refractivity (Wildman–Crippen MR) is 106 cm³/mol. The van der Waals surface area contributed by atoms with Crippen LogP contribution < -0.4 is 0 Å². The fourth-order valence-corrected chi connectivity index (χ4v) is 5.35. The summed E-state index contributed by atoms with van der Waals surface area (Å²) in [5, 5.41) is 3.96. The third kappa shape index (κ3) is 4.49. The fourth-order valence-electron chi connectivity index (χ4n) is 3.68. The molecule has 2 aliphatic rings. The molecule has 9 nitrogen and oxygen atoms in total. The molecule has 10 heteroatoms. The van der Waals surface area contributed by atoms with Crippen LogP contribution in [0, 0.1) is 0 Å². The van der Waals surface area contributed by atoms with Gasteiger partial charge in [-0.05, 0) is 12.8 Å². The van der Waals surface area contributed by atoms with Crippen LogP contribution in [0.1, 0.15) is 25.2 Å². The van der Waals surface area contributed by atoms with Gasteiger partial charge in [-0.1, -0.05) is 35.5 Å². The van der Waals surface area contributed by atoms with Gasteiger partial charge in [0, 0.05) is 57.7 Å². The molecule has 2 fully saturated rings. The highest BCUT2D eigenvalue weighted by atomic mass is 32.2. The smallest absolute Gasteiger partial charge is 0.282 e. The molecule has 0 spiro atoms. The minimum absolute atomic E-state index is 0.0253. The molecule has 1 aromatic heterocycles. The first-order valence-electron chi connectivity index (χ1n) is 9.95. The molecule has 2 aliphatic heterocycles. The molecular weight excluding hydrogens is 394 g/mol. The lowest BCUT2D eigenvalue weighted by Gasteiger charge is -2.35. The lowest BCUT2D eigenvalue weighted by molar-refractivity contribution is -0.132. The summed E-state index contributed by atoms with van der Waals surface area (Å²) in [5.41, 5.74) is 0.865. The van der Waals surface area contributed by atoms with Gasteiger partial charge < -0.3 is 9.42 Å². The molecule has 156 valence electrons. The van der Waals surface area contributed by atoms with Gasteiger partial charge in [-0.25, -0.2) is 0 Å². The van der Waals surface area contributed by atoms with Crippen molar-refractivity contribution in [1.29, 1.82) is 0 Å². The SMILES string of the molecule is O=C(CCc1nc(-c2ccccc2)no1)N1CCN(S(=O)(=O)N2CCCC2)CC1. The average molecular weight is 420 g/mol. The zero-order valence-electron chi connectivity index (χ0n) is 16.2. The number of carbonyl (C=O) groups is 1. The van der Waals surface area contributed by atoms with E-state index in [0.717, 1.165) is 18.4 Å². The van der Waals surface area contributed by atoms with E-state index < -0.39 is 10.2 Å². The van der Waals surface area contributed by atoms with Gasteiger partial charge in [-0.15, -0.1) is 0 Å². The van der Waals surface area contributed by atoms with Gasteiger partial charge in [0.1, 0.15) is 0 Å². The maximum absolute atomic E-state index is 12.6. The Morgan fingerprint density at radius 2 is 1.62 bits per heavy atom. The van der Waals surface area contributed by atoms with Crippen molar-refractivity contribution in [3.05, 3.63) is 36.2 Å². The number of amides is 1. The van der Waals surface area contributed by atoms with Gasteiger partial charge >= 0.3 is 0 Å². The van der Waals surface area contributed by atoms with Gasteiger partial charge in [0.15, 0.2) is 0 Å². The van der Waals surface area contributed by atoms with Crippen molar-refractivity contribution in [2.75, 3.05) is 39.3 Å². The summed E-state index contributed by atoms with van der Waals surface area (Å²) >= 11 is 0. The van der Waals surface area contributed by atoms with Gasteiger partial charge in [0.25, 0.3) is 10.2 Å². The molecule has 0 bridgehead atoms. The second-order valence-electron chi connectivity index (χ2n) is 7.27. The number of rotatable bonds is 6. The van der Waals surface area contributed by atoms with Crippen molar-refractivity contribution in [3.63, 3.8) is 0 Å². The Morgan fingerprint density at radius 1 is 0.966 bits per heavy atom. The molecule has 0 saturated carbocycles. The van der Waals surface area contributed by atoms with Crippen LogP contribution in [0.15, 0.2) is 34.9 Å². The summed E-state index contributed by atoms with van der Waals surface area (Å²) in [6.07, 6.45) is 2.46. The molecule has 4 rings (SSSR count). The first kappa shape index (κ1) is 20.0. The van der Waals surface area contributed by atoms with Crippen LogP contribution in [0.4, 0.5) is 0 Å². The Balaban J connectivity index is 1.27. The third-order valence-corrected chi connectivity index (χ3v) is 7.40. The maximum atomic E-state index is 12.6. The topological polar surface area (TPSA) is 99.9 Å². The van der Waals surface area contributed by atoms with E-state index in [1.54, 1.807) is 9.21 Å². The summed E-state index contributed by atoms with van der Waals surface area (Å²) in [6.45, 7) is 2.68. The number of aromatic nitrogens is 2. The summed E-state index contributed by atoms with van der Waals surface area (Å²) in [4.78, 5) is 18.6. The molecule has 0 atom stereocenters. The van der Waals surface area contributed by atoms with Crippen molar-refractivity contribution >= 4 is 16.1 Å². The van der Waals surface area contributed by atoms with E-state index in [1.807, 2.05) is 30.3 Å². The van der Waals surface area contributed by atoms with Crippen molar-refractivity contribution in [3.8, 4) is 11.4 Å². The number of piperazine rings is 1. The normalized spacial score (nSPS) is 19.0. The highest BCUT2D eigenvalue weighted by molar-refractivity contribution is 7.86. The molecule has 3 heterocycles. The van der Waals surface area contributed by atoms with Crippen LogP contribution in [-0.4, -0.2) is 77.2 Å². The molecule has 0 N–H and O–H groups in total. The fraction of sp³-hybridized carbons (Fsp3) is 0.526.